The smallest absolute Gasteiger partial charge is 0.156 e. The van der Waals surface area contributed by atoms with Gasteiger partial charge in [-0.1, -0.05) is 18.2 Å². The van der Waals surface area contributed by atoms with Crippen LogP contribution in [0.4, 0.5) is 10.2 Å². The van der Waals surface area contributed by atoms with Gasteiger partial charge in [-0.2, -0.15) is 0 Å². The maximum atomic E-state index is 13.4. The largest absolute Gasteiger partial charge is 0.373 e. The van der Waals surface area contributed by atoms with Crippen molar-refractivity contribution in [2.45, 2.75) is 20.1 Å². The summed E-state index contributed by atoms with van der Waals surface area (Å²) in [6, 6.07) is 8.40. The molecule has 0 saturated carbocycles. The van der Waals surface area contributed by atoms with Gasteiger partial charge in [0.05, 0.1) is 6.61 Å². The Morgan fingerprint density at radius 3 is 2.74 bits per heavy atom. The third-order valence-corrected chi connectivity index (χ3v) is 2.60. The van der Waals surface area contributed by atoms with Crippen molar-refractivity contribution >= 4 is 5.82 Å². The average molecular weight is 261 g/mol. The van der Waals surface area contributed by atoms with E-state index in [1.54, 1.807) is 25.2 Å². The molecule has 0 amide bonds. The van der Waals surface area contributed by atoms with Crippen molar-refractivity contribution < 1.29 is 9.13 Å². The Morgan fingerprint density at radius 2 is 2.00 bits per heavy atom. The van der Waals surface area contributed by atoms with Crippen LogP contribution in [0, 0.1) is 12.7 Å². The third-order valence-electron chi connectivity index (χ3n) is 2.60. The number of nitrogens with zero attached hydrogens (tertiary/aromatic N) is 2. The summed E-state index contributed by atoms with van der Waals surface area (Å²) in [5, 5.41) is 2.96. The molecule has 100 valence electrons. The first-order valence-corrected chi connectivity index (χ1v) is 6.02. The molecule has 1 N–H and O–H groups in total. The van der Waals surface area contributed by atoms with Crippen LogP contribution in [0.15, 0.2) is 30.3 Å². The molecule has 0 aliphatic carbocycles. The van der Waals surface area contributed by atoms with Gasteiger partial charge in [0.15, 0.2) is 5.82 Å². The summed E-state index contributed by atoms with van der Waals surface area (Å²) >= 11 is 0. The van der Waals surface area contributed by atoms with Gasteiger partial charge in [0.1, 0.15) is 18.2 Å². The van der Waals surface area contributed by atoms with Crippen molar-refractivity contribution in [1.82, 2.24) is 9.97 Å². The zero-order valence-corrected chi connectivity index (χ0v) is 11.0. The van der Waals surface area contributed by atoms with Gasteiger partial charge in [0.2, 0.25) is 0 Å². The molecule has 0 saturated heterocycles. The molecule has 19 heavy (non-hydrogen) atoms. The molecule has 1 aromatic heterocycles. The zero-order chi connectivity index (χ0) is 13.7. The van der Waals surface area contributed by atoms with E-state index in [0.29, 0.717) is 11.4 Å². The predicted molar refractivity (Wildman–Crippen MR) is 71.2 cm³/mol. The van der Waals surface area contributed by atoms with E-state index in [9.17, 15) is 4.39 Å². The number of ether oxygens (including phenoxy) is 1. The van der Waals surface area contributed by atoms with Crippen LogP contribution < -0.4 is 5.32 Å². The fourth-order valence-corrected chi connectivity index (χ4v) is 1.69. The highest BCUT2D eigenvalue weighted by molar-refractivity contribution is 5.34. The van der Waals surface area contributed by atoms with Crippen LogP contribution in [0.1, 0.15) is 17.1 Å². The Balaban J connectivity index is 1.96. The molecule has 1 aromatic carbocycles. The third kappa shape index (κ3) is 3.72. The van der Waals surface area contributed by atoms with Gasteiger partial charge in [-0.25, -0.2) is 14.4 Å². The summed E-state index contributed by atoms with van der Waals surface area (Å²) in [6.45, 7) is 2.35. The Morgan fingerprint density at radius 1 is 1.21 bits per heavy atom. The SMILES string of the molecule is CNc1cc(C)nc(COCc2ccccc2F)n1. The summed E-state index contributed by atoms with van der Waals surface area (Å²) in [5.74, 6) is 1.07. The van der Waals surface area contributed by atoms with E-state index in [-0.39, 0.29) is 19.0 Å². The molecule has 0 radical (unpaired) electrons. The molecular formula is C14H16FN3O. The number of nitrogens with one attached hydrogen (secondary N) is 1. The quantitative estimate of drug-likeness (QED) is 0.899. The lowest BCUT2D eigenvalue weighted by atomic mass is 10.2. The number of rotatable bonds is 5. The van der Waals surface area contributed by atoms with E-state index in [1.165, 1.54) is 6.07 Å². The van der Waals surface area contributed by atoms with Gasteiger partial charge in [0.25, 0.3) is 0 Å². The van der Waals surface area contributed by atoms with Crippen LogP contribution in [-0.4, -0.2) is 17.0 Å². The zero-order valence-electron chi connectivity index (χ0n) is 11.0. The number of benzene rings is 1. The summed E-state index contributed by atoms with van der Waals surface area (Å²) in [6.07, 6.45) is 0. The summed E-state index contributed by atoms with van der Waals surface area (Å²) < 4.78 is 18.8. The molecule has 0 spiro atoms. The number of aryl methyl sites for hydroxylation is 1. The van der Waals surface area contributed by atoms with Crippen molar-refractivity contribution in [2.24, 2.45) is 0 Å². The molecule has 1 heterocycles. The Hall–Kier alpha value is -2.01. The number of anilines is 1. The van der Waals surface area contributed by atoms with Crippen LogP contribution in [0.3, 0.4) is 0 Å². The van der Waals surface area contributed by atoms with Crippen LogP contribution in [-0.2, 0) is 18.0 Å². The molecule has 0 fully saturated rings. The fraction of sp³-hybridized carbons (Fsp3) is 0.286. The minimum absolute atomic E-state index is 0.207. The highest BCUT2D eigenvalue weighted by Crippen LogP contribution is 2.10. The molecular weight excluding hydrogens is 245 g/mol. The van der Waals surface area contributed by atoms with Crippen molar-refractivity contribution in [1.29, 1.82) is 0 Å². The normalized spacial score (nSPS) is 10.5. The van der Waals surface area contributed by atoms with E-state index in [2.05, 4.69) is 15.3 Å². The van der Waals surface area contributed by atoms with Crippen LogP contribution in [0.25, 0.3) is 0 Å². The lowest BCUT2D eigenvalue weighted by molar-refractivity contribution is 0.0994. The van der Waals surface area contributed by atoms with Gasteiger partial charge < -0.3 is 10.1 Å². The number of hydrogen-bond donors (Lipinski definition) is 1. The molecule has 0 unspecified atom stereocenters. The molecule has 4 nitrogen and oxygen atoms in total. The minimum Gasteiger partial charge on any atom is -0.373 e. The highest BCUT2D eigenvalue weighted by Gasteiger charge is 2.04. The molecule has 5 heteroatoms. The van der Waals surface area contributed by atoms with Crippen LogP contribution >= 0.6 is 0 Å². The summed E-state index contributed by atoms with van der Waals surface area (Å²) in [5.41, 5.74) is 1.40. The molecule has 0 atom stereocenters. The van der Waals surface area contributed by atoms with Gasteiger partial charge in [-0.3, -0.25) is 0 Å². The van der Waals surface area contributed by atoms with Gasteiger partial charge in [-0.15, -0.1) is 0 Å². The van der Waals surface area contributed by atoms with E-state index >= 15 is 0 Å². The second kappa shape index (κ2) is 6.24. The Kier molecular flexibility index (Phi) is 4.41. The number of halogens is 1. The fourth-order valence-electron chi connectivity index (χ4n) is 1.69. The van der Waals surface area contributed by atoms with Gasteiger partial charge in [0, 0.05) is 24.4 Å². The van der Waals surface area contributed by atoms with Crippen molar-refractivity contribution in [2.75, 3.05) is 12.4 Å². The van der Waals surface area contributed by atoms with Gasteiger partial charge in [-0.05, 0) is 13.0 Å². The molecule has 2 aromatic rings. The van der Waals surface area contributed by atoms with E-state index < -0.39 is 0 Å². The first-order chi connectivity index (χ1) is 9.19. The second-order valence-corrected chi connectivity index (χ2v) is 4.15. The number of hydrogen-bond acceptors (Lipinski definition) is 4. The summed E-state index contributed by atoms with van der Waals surface area (Å²) in [7, 11) is 1.80. The summed E-state index contributed by atoms with van der Waals surface area (Å²) in [4.78, 5) is 8.53. The lowest BCUT2D eigenvalue weighted by Gasteiger charge is -2.07. The Labute approximate surface area is 111 Å². The Bertz CT molecular complexity index is 560. The average Bonchev–Trinajstić information content (AvgIpc) is 2.40. The topological polar surface area (TPSA) is 47.0 Å². The van der Waals surface area contributed by atoms with Crippen LogP contribution in [0.5, 0.6) is 0 Å². The van der Waals surface area contributed by atoms with E-state index in [0.717, 1.165) is 11.5 Å². The lowest BCUT2D eigenvalue weighted by Crippen LogP contribution is -2.04. The van der Waals surface area contributed by atoms with Crippen molar-refractivity contribution in [3.63, 3.8) is 0 Å². The second-order valence-electron chi connectivity index (χ2n) is 4.15. The van der Waals surface area contributed by atoms with Crippen molar-refractivity contribution in [3.8, 4) is 0 Å². The first-order valence-electron chi connectivity index (χ1n) is 6.02. The van der Waals surface area contributed by atoms with Gasteiger partial charge >= 0.3 is 0 Å². The predicted octanol–water partition coefficient (Wildman–Crippen LogP) is 2.68. The van der Waals surface area contributed by atoms with E-state index in [1.807, 2.05) is 13.0 Å². The number of aromatic nitrogens is 2. The first kappa shape index (κ1) is 13.4. The van der Waals surface area contributed by atoms with E-state index in [4.69, 9.17) is 4.74 Å². The molecule has 0 aliphatic heterocycles. The maximum absolute atomic E-state index is 13.4. The highest BCUT2D eigenvalue weighted by atomic mass is 19.1. The molecule has 2 rings (SSSR count). The monoisotopic (exact) mass is 261 g/mol. The van der Waals surface area contributed by atoms with Crippen LogP contribution in [0.2, 0.25) is 0 Å². The van der Waals surface area contributed by atoms with Crippen molar-refractivity contribution in [3.05, 3.63) is 53.2 Å². The molecule has 0 bridgehead atoms. The minimum atomic E-state index is -0.261. The molecule has 0 aliphatic rings. The maximum Gasteiger partial charge on any atom is 0.156 e. The standard InChI is InChI=1S/C14H16FN3O/c1-10-7-13(16-2)18-14(17-10)9-19-8-11-5-3-4-6-12(11)15/h3-7H,8-9H2,1-2H3,(H,16,17,18).